The zero-order valence-corrected chi connectivity index (χ0v) is 11.5. The van der Waals surface area contributed by atoms with Gasteiger partial charge < -0.3 is 16.0 Å². The Bertz CT molecular complexity index is 272. The van der Waals surface area contributed by atoms with Crippen molar-refractivity contribution >= 4 is 5.91 Å². The predicted octanol–water partition coefficient (Wildman–Crippen LogP) is 1.10. The molecule has 0 heterocycles. The van der Waals surface area contributed by atoms with Crippen molar-refractivity contribution in [2.45, 2.75) is 57.0 Å². The van der Waals surface area contributed by atoms with E-state index in [0.29, 0.717) is 19.0 Å². The Labute approximate surface area is 110 Å². The fraction of sp³-hybridized carbons (Fsp3) is 0.929. The van der Waals surface area contributed by atoms with Crippen molar-refractivity contribution in [3.8, 4) is 0 Å². The first-order valence-corrected chi connectivity index (χ1v) is 7.38. The van der Waals surface area contributed by atoms with Crippen LogP contribution in [0.2, 0.25) is 0 Å². The van der Waals surface area contributed by atoms with Crippen LogP contribution in [0.3, 0.4) is 0 Å². The first-order valence-electron chi connectivity index (χ1n) is 7.38. The summed E-state index contributed by atoms with van der Waals surface area (Å²) in [4.78, 5) is 14.1. The molecule has 3 N–H and O–H groups in total. The van der Waals surface area contributed by atoms with E-state index < -0.39 is 0 Å². The lowest BCUT2D eigenvalue weighted by atomic mass is 10.1. The molecule has 2 aliphatic rings. The van der Waals surface area contributed by atoms with E-state index >= 15 is 0 Å². The van der Waals surface area contributed by atoms with Gasteiger partial charge in [-0.15, -0.1) is 0 Å². The van der Waals surface area contributed by atoms with Crippen molar-refractivity contribution in [3.63, 3.8) is 0 Å². The molecule has 0 aromatic carbocycles. The van der Waals surface area contributed by atoms with Gasteiger partial charge in [0.2, 0.25) is 5.91 Å². The number of amides is 1. The van der Waals surface area contributed by atoms with Gasteiger partial charge in [0.15, 0.2) is 0 Å². The van der Waals surface area contributed by atoms with Gasteiger partial charge in [-0.05, 0) is 38.6 Å². The van der Waals surface area contributed by atoms with Crippen LogP contribution >= 0.6 is 0 Å². The second kappa shape index (κ2) is 6.53. The maximum Gasteiger partial charge on any atom is 0.221 e. The van der Waals surface area contributed by atoms with Crippen LogP contribution in [0.25, 0.3) is 0 Å². The number of hydrogen-bond donors (Lipinski definition) is 2. The third kappa shape index (κ3) is 4.25. The summed E-state index contributed by atoms with van der Waals surface area (Å²) in [6.45, 7) is 1.67. The third-order valence-electron chi connectivity index (χ3n) is 4.28. The van der Waals surface area contributed by atoms with Crippen molar-refractivity contribution in [3.05, 3.63) is 0 Å². The summed E-state index contributed by atoms with van der Waals surface area (Å²) in [7, 11) is 2.11. The van der Waals surface area contributed by atoms with Gasteiger partial charge in [0, 0.05) is 31.6 Å². The van der Waals surface area contributed by atoms with Crippen molar-refractivity contribution in [1.82, 2.24) is 10.2 Å². The van der Waals surface area contributed by atoms with Gasteiger partial charge in [0.25, 0.3) is 0 Å². The lowest BCUT2D eigenvalue weighted by molar-refractivity contribution is -0.122. The Morgan fingerprint density at radius 3 is 2.56 bits per heavy atom. The van der Waals surface area contributed by atoms with E-state index in [1.165, 1.54) is 25.7 Å². The normalized spacial score (nSPS) is 22.4. The molecule has 1 atom stereocenters. The molecule has 0 aromatic rings. The summed E-state index contributed by atoms with van der Waals surface area (Å²) in [5.74, 6) is 0.988. The first-order chi connectivity index (χ1) is 8.69. The standard InChI is InChI=1S/C14H27N3O/c1-17(10-11-4-2-3-5-11)13(9-15)8-14(18)16-12-6-7-12/h11-13H,2-10,15H2,1H3,(H,16,18). The minimum Gasteiger partial charge on any atom is -0.353 e. The fourth-order valence-electron chi connectivity index (χ4n) is 2.90. The number of carbonyl (C=O) groups excluding carboxylic acids is 1. The first kappa shape index (κ1) is 13.8. The molecule has 0 saturated heterocycles. The molecule has 2 aliphatic carbocycles. The van der Waals surface area contributed by atoms with Crippen molar-refractivity contribution < 1.29 is 4.79 Å². The van der Waals surface area contributed by atoms with Crippen LogP contribution < -0.4 is 11.1 Å². The Morgan fingerprint density at radius 1 is 1.33 bits per heavy atom. The highest BCUT2D eigenvalue weighted by atomic mass is 16.1. The minimum absolute atomic E-state index is 0.172. The molecule has 2 fully saturated rings. The Balaban J connectivity index is 1.72. The number of rotatable bonds is 7. The van der Waals surface area contributed by atoms with E-state index in [1.54, 1.807) is 0 Å². The van der Waals surface area contributed by atoms with Crippen LogP contribution in [-0.4, -0.2) is 43.0 Å². The Morgan fingerprint density at radius 2 is 2.00 bits per heavy atom. The summed E-state index contributed by atoms with van der Waals surface area (Å²) in [5.41, 5.74) is 5.82. The minimum atomic E-state index is 0.172. The molecule has 0 aromatic heterocycles. The maximum absolute atomic E-state index is 11.8. The second-order valence-electron chi connectivity index (χ2n) is 6.03. The topological polar surface area (TPSA) is 58.4 Å². The van der Waals surface area contributed by atoms with Gasteiger partial charge in [-0.2, -0.15) is 0 Å². The highest BCUT2D eigenvalue weighted by Gasteiger charge is 2.26. The highest BCUT2D eigenvalue weighted by Crippen LogP contribution is 2.26. The zero-order chi connectivity index (χ0) is 13.0. The monoisotopic (exact) mass is 253 g/mol. The van der Waals surface area contributed by atoms with Gasteiger partial charge in [-0.25, -0.2) is 0 Å². The molecule has 18 heavy (non-hydrogen) atoms. The molecule has 1 unspecified atom stereocenters. The van der Waals surface area contributed by atoms with Gasteiger partial charge in [-0.1, -0.05) is 12.8 Å². The van der Waals surface area contributed by atoms with E-state index in [1.807, 2.05) is 0 Å². The molecule has 0 spiro atoms. The molecule has 104 valence electrons. The van der Waals surface area contributed by atoms with E-state index in [-0.39, 0.29) is 11.9 Å². The van der Waals surface area contributed by atoms with E-state index in [9.17, 15) is 4.79 Å². The summed E-state index contributed by atoms with van der Waals surface area (Å²) >= 11 is 0. The number of nitrogens with zero attached hydrogens (tertiary/aromatic N) is 1. The quantitative estimate of drug-likeness (QED) is 0.714. The number of carbonyl (C=O) groups is 1. The molecular formula is C14H27N3O. The predicted molar refractivity (Wildman–Crippen MR) is 73.2 cm³/mol. The summed E-state index contributed by atoms with van der Waals surface area (Å²) in [6.07, 6.45) is 8.28. The SMILES string of the molecule is CN(CC1CCCC1)C(CN)CC(=O)NC1CC1. The third-order valence-corrected chi connectivity index (χ3v) is 4.28. The van der Waals surface area contributed by atoms with Crippen molar-refractivity contribution in [2.24, 2.45) is 11.7 Å². The number of hydrogen-bond acceptors (Lipinski definition) is 3. The van der Waals surface area contributed by atoms with Crippen molar-refractivity contribution in [2.75, 3.05) is 20.1 Å². The van der Waals surface area contributed by atoms with Crippen LogP contribution in [0.4, 0.5) is 0 Å². The molecule has 2 saturated carbocycles. The second-order valence-corrected chi connectivity index (χ2v) is 6.03. The Kier molecular flexibility index (Phi) is 5.01. The van der Waals surface area contributed by atoms with Crippen LogP contribution in [-0.2, 0) is 4.79 Å². The van der Waals surface area contributed by atoms with Crippen LogP contribution in [0, 0.1) is 5.92 Å². The average molecular weight is 253 g/mol. The molecule has 1 amide bonds. The molecule has 2 rings (SSSR count). The maximum atomic E-state index is 11.8. The summed E-state index contributed by atoms with van der Waals surface area (Å²) < 4.78 is 0. The number of likely N-dealkylation sites (N-methyl/N-ethyl adjacent to an activating group) is 1. The van der Waals surface area contributed by atoms with E-state index in [4.69, 9.17) is 5.73 Å². The number of nitrogens with two attached hydrogens (primary N) is 1. The molecule has 0 bridgehead atoms. The Hall–Kier alpha value is -0.610. The lowest BCUT2D eigenvalue weighted by Gasteiger charge is -2.29. The molecule has 0 aliphatic heterocycles. The lowest BCUT2D eigenvalue weighted by Crippen LogP contribution is -2.43. The van der Waals surface area contributed by atoms with Gasteiger partial charge in [0.1, 0.15) is 0 Å². The van der Waals surface area contributed by atoms with Crippen LogP contribution in [0.15, 0.2) is 0 Å². The highest BCUT2D eigenvalue weighted by molar-refractivity contribution is 5.77. The number of nitrogens with one attached hydrogen (secondary N) is 1. The molecular weight excluding hydrogens is 226 g/mol. The van der Waals surface area contributed by atoms with Gasteiger partial charge in [-0.3, -0.25) is 4.79 Å². The van der Waals surface area contributed by atoms with Crippen LogP contribution in [0.5, 0.6) is 0 Å². The average Bonchev–Trinajstić information content (AvgIpc) is 3.00. The largest absolute Gasteiger partial charge is 0.353 e. The molecule has 4 nitrogen and oxygen atoms in total. The van der Waals surface area contributed by atoms with E-state index in [0.717, 1.165) is 25.3 Å². The van der Waals surface area contributed by atoms with Gasteiger partial charge >= 0.3 is 0 Å². The molecule has 0 radical (unpaired) electrons. The zero-order valence-electron chi connectivity index (χ0n) is 11.5. The fourth-order valence-corrected chi connectivity index (χ4v) is 2.90. The molecule has 4 heteroatoms. The smallest absolute Gasteiger partial charge is 0.221 e. The van der Waals surface area contributed by atoms with Gasteiger partial charge in [0.05, 0.1) is 0 Å². The van der Waals surface area contributed by atoms with Crippen molar-refractivity contribution in [1.29, 1.82) is 0 Å². The summed E-state index contributed by atoms with van der Waals surface area (Å²) in [6, 6.07) is 0.653. The van der Waals surface area contributed by atoms with Crippen LogP contribution in [0.1, 0.15) is 44.9 Å². The van der Waals surface area contributed by atoms with E-state index in [2.05, 4.69) is 17.3 Å². The summed E-state index contributed by atoms with van der Waals surface area (Å²) in [5, 5.41) is 3.05.